The molecule has 0 fully saturated rings. The van der Waals surface area contributed by atoms with Crippen molar-refractivity contribution in [2.75, 3.05) is 7.11 Å². The minimum atomic E-state index is -0.431. The molecule has 2 rings (SSSR count). The first kappa shape index (κ1) is 11.0. The number of benzene rings is 1. The Morgan fingerprint density at radius 2 is 2.00 bits per heavy atom. The summed E-state index contributed by atoms with van der Waals surface area (Å²) in [6.45, 7) is 0. The normalized spacial score (nSPS) is 17.9. The standard InChI is InChI=1S/C12H9BrO3/c1-15-11-9(16-12(14)10(11)13)7-8-5-3-2-4-6-8/h2-7H,1H3/b9-7-. The molecule has 1 aromatic rings. The van der Waals surface area contributed by atoms with E-state index in [9.17, 15) is 4.79 Å². The van der Waals surface area contributed by atoms with E-state index in [1.54, 1.807) is 6.08 Å². The molecule has 0 spiro atoms. The first-order chi connectivity index (χ1) is 7.72. The van der Waals surface area contributed by atoms with E-state index in [0.29, 0.717) is 16.0 Å². The van der Waals surface area contributed by atoms with Crippen LogP contribution in [0.15, 0.2) is 46.3 Å². The molecule has 0 amide bonds. The first-order valence-corrected chi connectivity index (χ1v) is 5.44. The number of ether oxygens (including phenoxy) is 2. The Labute approximate surface area is 101 Å². The fraction of sp³-hybridized carbons (Fsp3) is 0.0833. The Kier molecular flexibility index (Phi) is 3.10. The van der Waals surface area contributed by atoms with E-state index < -0.39 is 5.97 Å². The van der Waals surface area contributed by atoms with Crippen LogP contribution in [0.5, 0.6) is 0 Å². The molecule has 0 aromatic heterocycles. The Hall–Kier alpha value is -1.55. The largest absolute Gasteiger partial charge is 0.491 e. The number of esters is 1. The van der Waals surface area contributed by atoms with Gasteiger partial charge in [0.25, 0.3) is 0 Å². The average Bonchev–Trinajstić information content (AvgIpc) is 2.56. The smallest absolute Gasteiger partial charge is 0.354 e. The zero-order valence-electron chi connectivity index (χ0n) is 8.57. The van der Waals surface area contributed by atoms with Gasteiger partial charge in [0.1, 0.15) is 4.48 Å². The fourth-order valence-electron chi connectivity index (χ4n) is 1.38. The average molecular weight is 281 g/mol. The number of cyclic esters (lactones) is 1. The Balaban J connectivity index is 2.37. The van der Waals surface area contributed by atoms with Gasteiger partial charge in [-0.25, -0.2) is 4.79 Å². The molecule has 1 heterocycles. The van der Waals surface area contributed by atoms with E-state index in [-0.39, 0.29) is 0 Å². The molecular formula is C12H9BrO3. The van der Waals surface area contributed by atoms with Gasteiger partial charge in [-0.15, -0.1) is 0 Å². The fourth-order valence-corrected chi connectivity index (χ4v) is 1.82. The molecule has 1 aliphatic rings. The van der Waals surface area contributed by atoms with Gasteiger partial charge in [-0.05, 0) is 27.6 Å². The number of rotatable bonds is 2. The Morgan fingerprint density at radius 3 is 2.62 bits per heavy atom. The number of hydrogen-bond donors (Lipinski definition) is 0. The van der Waals surface area contributed by atoms with E-state index >= 15 is 0 Å². The quantitative estimate of drug-likeness (QED) is 0.782. The highest BCUT2D eigenvalue weighted by molar-refractivity contribution is 9.12. The molecule has 16 heavy (non-hydrogen) atoms. The third kappa shape index (κ3) is 2.02. The number of carbonyl (C=O) groups excluding carboxylic acids is 1. The molecular weight excluding hydrogens is 272 g/mol. The summed E-state index contributed by atoms with van der Waals surface area (Å²) in [6.07, 6.45) is 1.75. The third-order valence-corrected chi connectivity index (χ3v) is 2.79. The van der Waals surface area contributed by atoms with Gasteiger partial charge in [0, 0.05) is 0 Å². The second-order valence-corrected chi connectivity index (χ2v) is 3.95. The lowest BCUT2D eigenvalue weighted by atomic mass is 10.2. The van der Waals surface area contributed by atoms with E-state index in [1.165, 1.54) is 7.11 Å². The number of hydrogen-bond acceptors (Lipinski definition) is 3. The second-order valence-electron chi connectivity index (χ2n) is 3.16. The van der Waals surface area contributed by atoms with Crippen LogP contribution in [-0.4, -0.2) is 13.1 Å². The van der Waals surface area contributed by atoms with Crippen molar-refractivity contribution in [2.45, 2.75) is 0 Å². The molecule has 0 bridgehead atoms. The van der Waals surface area contributed by atoms with Crippen molar-refractivity contribution in [3.63, 3.8) is 0 Å². The van der Waals surface area contributed by atoms with Gasteiger partial charge in [0.05, 0.1) is 7.11 Å². The van der Waals surface area contributed by atoms with Crippen molar-refractivity contribution in [3.8, 4) is 0 Å². The summed E-state index contributed by atoms with van der Waals surface area (Å²) in [5, 5.41) is 0. The topological polar surface area (TPSA) is 35.5 Å². The van der Waals surface area contributed by atoms with Gasteiger partial charge in [-0.2, -0.15) is 0 Å². The number of halogens is 1. The zero-order chi connectivity index (χ0) is 11.5. The van der Waals surface area contributed by atoms with Crippen LogP contribution in [0.1, 0.15) is 5.56 Å². The molecule has 1 aromatic carbocycles. The number of methoxy groups -OCH3 is 1. The highest BCUT2D eigenvalue weighted by atomic mass is 79.9. The predicted molar refractivity (Wildman–Crippen MR) is 63.5 cm³/mol. The molecule has 0 saturated heterocycles. The van der Waals surface area contributed by atoms with E-state index in [2.05, 4.69) is 15.9 Å². The van der Waals surface area contributed by atoms with E-state index in [4.69, 9.17) is 9.47 Å². The molecule has 0 radical (unpaired) electrons. The van der Waals surface area contributed by atoms with Gasteiger partial charge in [-0.3, -0.25) is 0 Å². The Bertz CT molecular complexity index is 474. The van der Waals surface area contributed by atoms with Crippen molar-refractivity contribution in [2.24, 2.45) is 0 Å². The molecule has 0 atom stereocenters. The van der Waals surface area contributed by atoms with Gasteiger partial charge >= 0.3 is 5.97 Å². The highest BCUT2D eigenvalue weighted by Crippen LogP contribution is 2.31. The summed E-state index contributed by atoms with van der Waals surface area (Å²) in [7, 11) is 1.50. The maximum Gasteiger partial charge on any atom is 0.354 e. The van der Waals surface area contributed by atoms with Crippen LogP contribution in [0.25, 0.3) is 6.08 Å². The Morgan fingerprint density at radius 1 is 1.31 bits per heavy atom. The lowest BCUT2D eigenvalue weighted by Gasteiger charge is -2.02. The first-order valence-electron chi connectivity index (χ1n) is 4.65. The van der Waals surface area contributed by atoms with Crippen LogP contribution in [0.2, 0.25) is 0 Å². The molecule has 82 valence electrons. The van der Waals surface area contributed by atoms with Gasteiger partial charge < -0.3 is 9.47 Å². The molecule has 4 heteroatoms. The lowest BCUT2D eigenvalue weighted by molar-refractivity contribution is -0.132. The summed E-state index contributed by atoms with van der Waals surface area (Å²) in [5.41, 5.74) is 0.946. The highest BCUT2D eigenvalue weighted by Gasteiger charge is 2.29. The van der Waals surface area contributed by atoms with Crippen LogP contribution < -0.4 is 0 Å². The monoisotopic (exact) mass is 280 g/mol. The lowest BCUT2D eigenvalue weighted by Crippen LogP contribution is -1.93. The van der Waals surface area contributed by atoms with Crippen LogP contribution in [0, 0.1) is 0 Å². The van der Waals surface area contributed by atoms with Crippen LogP contribution >= 0.6 is 15.9 Å². The van der Waals surface area contributed by atoms with Crippen LogP contribution in [0.4, 0.5) is 0 Å². The number of carbonyl (C=O) groups is 1. The van der Waals surface area contributed by atoms with Crippen LogP contribution in [-0.2, 0) is 14.3 Å². The SMILES string of the molecule is COC1=C(Br)C(=O)O/C1=C\c1ccccc1. The summed E-state index contributed by atoms with van der Waals surface area (Å²) in [6, 6.07) is 9.58. The minimum Gasteiger partial charge on any atom is -0.491 e. The van der Waals surface area contributed by atoms with Crippen LogP contribution in [0.3, 0.4) is 0 Å². The van der Waals surface area contributed by atoms with E-state index in [0.717, 1.165) is 5.56 Å². The molecule has 0 aliphatic carbocycles. The van der Waals surface area contributed by atoms with Crippen molar-refractivity contribution in [1.29, 1.82) is 0 Å². The van der Waals surface area contributed by atoms with Crippen molar-refractivity contribution >= 4 is 28.0 Å². The third-order valence-electron chi connectivity index (χ3n) is 2.11. The molecule has 0 saturated carbocycles. The van der Waals surface area contributed by atoms with Gasteiger partial charge in [-0.1, -0.05) is 30.3 Å². The predicted octanol–water partition coefficient (Wildman–Crippen LogP) is 2.84. The van der Waals surface area contributed by atoms with Crippen molar-refractivity contribution in [3.05, 3.63) is 51.9 Å². The minimum absolute atomic E-state index is 0.317. The molecule has 1 aliphatic heterocycles. The van der Waals surface area contributed by atoms with E-state index in [1.807, 2.05) is 30.3 Å². The summed E-state index contributed by atoms with van der Waals surface area (Å²) < 4.78 is 10.5. The molecule has 3 nitrogen and oxygen atoms in total. The molecule has 0 unspecified atom stereocenters. The zero-order valence-corrected chi connectivity index (χ0v) is 10.2. The second kappa shape index (κ2) is 4.53. The van der Waals surface area contributed by atoms with Gasteiger partial charge in [0.2, 0.25) is 0 Å². The summed E-state index contributed by atoms with van der Waals surface area (Å²) in [5.74, 6) is 0.415. The van der Waals surface area contributed by atoms with Gasteiger partial charge in [0.15, 0.2) is 11.5 Å². The summed E-state index contributed by atoms with van der Waals surface area (Å²) >= 11 is 3.12. The maximum absolute atomic E-state index is 11.3. The maximum atomic E-state index is 11.3. The van der Waals surface area contributed by atoms with Crippen molar-refractivity contribution in [1.82, 2.24) is 0 Å². The molecule has 0 N–H and O–H groups in total. The summed E-state index contributed by atoms with van der Waals surface area (Å²) in [4.78, 5) is 11.3. The van der Waals surface area contributed by atoms with Crippen molar-refractivity contribution < 1.29 is 14.3 Å².